The third-order valence-corrected chi connectivity index (χ3v) is 4.63. The fraction of sp³-hybridized carbons (Fsp3) is 0.500. The third kappa shape index (κ3) is 5.47. The van der Waals surface area contributed by atoms with E-state index in [1.807, 2.05) is 30.3 Å². The number of piperidine rings is 1. The number of aromatic nitrogens is 2. The highest BCUT2D eigenvalue weighted by Crippen LogP contribution is 2.21. The zero-order valence-electron chi connectivity index (χ0n) is 16.1. The number of benzene rings is 1. The molecule has 2 N–H and O–H groups in total. The number of amides is 1. The second kappa shape index (κ2) is 9.76. The number of ether oxygens (including phenoxy) is 1. The van der Waals surface area contributed by atoms with Crippen molar-refractivity contribution in [3.8, 4) is 11.4 Å². The van der Waals surface area contributed by atoms with E-state index >= 15 is 0 Å². The summed E-state index contributed by atoms with van der Waals surface area (Å²) in [5.74, 6) is 1.15. The first kappa shape index (κ1) is 21.3. The van der Waals surface area contributed by atoms with Crippen molar-refractivity contribution in [3.63, 3.8) is 0 Å². The molecule has 1 amide bonds. The van der Waals surface area contributed by atoms with Crippen LogP contribution in [0, 0.1) is 11.8 Å². The van der Waals surface area contributed by atoms with Crippen LogP contribution < -0.4 is 15.4 Å². The maximum atomic E-state index is 12.9. The Morgan fingerprint density at radius 3 is 2.78 bits per heavy atom. The smallest absolute Gasteiger partial charge is 0.275 e. The van der Waals surface area contributed by atoms with Crippen LogP contribution in [0.4, 0.5) is 0 Å². The standard InChI is InChI=1S/C20H28N4O2.ClH/c1-14(2)13-26-18-12-24(16-7-5-4-6-8-16)23-19(18)20(25)22-17-11-21-10-9-15(17)3;/h4-8,12,14-15,17,21H,9-11,13H2,1-3H3,(H,22,25);1H. The number of carbonyl (C=O) groups is 1. The van der Waals surface area contributed by atoms with Crippen LogP contribution >= 0.6 is 12.4 Å². The Kier molecular flexibility index (Phi) is 7.68. The van der Waals surface area contributed by atoms with Crippen LogP contribution in [-0.4, -0.2) is 41.4 Å². The number of hydrogen-bond donors (Lipinski definition) is 2. The molecule has 1 fully saturated rings. The first-order valence-corrected chi connectivity index (χ1v) is 9.34. The summed E-state index contributed by atoms with van der Waals surface area (Å²) < 4.78 is 7.58. The summed E-state index contributed by atoms with van der Waals surface area (Å²) in [5, 5.41) is 11.0. The van der Waals surface area contributed by atoms with Gasteiger partial charge in [0, 0.05) is 12.6 Å². The van der Waals surface area contributed by atoms with E-state index in [-0.39, 0.29) is 24.4 Å². The molecular formula is C20H29ClN4O2. The highest BCUT2D eigenvalue weighted by atomic mass is 35.5. The molecule has 0 saturated carbocycles. The van der Waals surface area contributed by atoms with Crippen LogP contribution in [-0.2, 0) is 0 Å². The number of rotatable bonds is 6. The van der Waals surface area contributed by atoms with Gasteiger partial charge in [0.1, 0.15) is 0 Å². The summed E-state index contributed by atoms with van der Waals surface area (Å²) in [6.45, 7) is 8.66. The molecule has 2 atom stereocenters. The molecule has 148 valence electrons. The first-order chi connectivity index (χ1) is 12.5. The molecule has 0 radical (unpaired) electrons. The molecule has 1 aromatic carbocycles. The molecule has 2 aromatic rings. The zero-order chi connectivity index (χ0) is 18.5. The molecule has 6 nitrogen and oxygen atoms in total. The Morgan fingerprint density at radius 1 is 1.37 bits per heavy atom. The zero-order valence-corrected chi connectivity index (χ0v) is 17.0. The Labute approximate surface area is 167 Å². The predicted octanol–water partition coefficient (Wildman–Crippen LogP) is 3.06. The van der Waals surface area contributed by atoms with Crippen LogP contribution in [0.3, 0.4) is 0 Å². The molecule has 1 saturated heterocycles. The van der Waals surface area contributed by atoms with Gasteiger partial charge in [0.25, 0.3) is 5.91 Å². The first-order valence-electron chi connectivity index (χ1n) is 9.34. The molecule has 7 heteroatoms. The van der Waals surface area contributed by atoms with E-state index in [4.69, 9.17) is 4.74 Å². The summed E-state index contributed by atoms with van der Waals surface area (Å²) in [4.78, 5) is 12.9. The Balaban J connectivity index is 0.00000261. The van der Waals surface area contributed by atoms with Gasteiger partial charge in [-0.25, -0.2) is 4.68 Å². The van der Waals surface area contributed by atoms with E-state index in [1.165, 1.54) is 0 Å². The monoisotopic (exact) mass is 392 g/mol. The second-order valence-electron chi connectivity index (χ2n) is 7.38. The molecular weight excluding hydrogens is 364 g/mol. The largest absolute Gasteiger partial charge is 0.489 e. The second-order valence-corrected chi connectivity index (χ2v) is 7.38. The molecule has 1 aromatic heterocycles. The average molecular weight is 393 g/mol. The lowest BCUT2D eigenvalue weighted by molar-refractivity contribution is 0.0905. The average Bonchev–Trinajstić information content (AvgIpc) is 3.07. The van der Waals surface area contributed by atoms with Crippen LogP contribution in [0.15, 0.2) is 36.5 Å². The molecule has 0 bridgehead atoms. The molecule has 1 aliphatic heterocycles. The van der Waals surface area contributed by atoms with Gasteiger partial charge in [0.2, 0.25) is 0 Å². The van der Waals surface area contributed by atoms with Crippen molar-refractivity contribution in [2.24, 2.45) is 11.8 Å². The summed E-state index contributed by atoms with van der Waals surface area (Å²) in [5.41, 5.74) is 1.24. The summed E-state index contributed by atoms with van der Waals surface area (Å²) in [6.07, 6.45) is 2.84. The van der Waals surface area contributed by atoms with E-state index in [0.29, 0.717) is 29.9 Å². The molecule has 0 spiro atoms. The molecule has 0 aliphatic carbocycles. The lowest BCUT2D eigenvalue weighted by Gasteiger charge is -2.30. The minimum atomic E-state index is -0.181. The number of nitrogens with zero attached hydrogens (tertiary/aromatic N) is 2. The highest BCUT2D eigenvalue weighted by Gasteiger charge is 2.26. The molecule has 1 aliphatic rings. The van der Waals surface area contributed by atoms with Crippen molar-refractivity contribution in [3.05, 3.63) is 42.2 Å². The molecule has 27 heavy (non-hydrogen) atoms. The van der Waals surface area contributed by atoms with Crippen LogP contribution in [0.2, 0.25) is 0 Å². The maximum Gasteiger partial charge on any atom is 0.275 e. The van der Waals surface area contributed by atoms with Crippen LogP contribution in [0.5, 0.6) is 5.75 Å². The van der Waals surface area contributed by atoms with Crippen molar-refractivity contribution in [1.82, 2.24) is 20.4 Å². The summed E-state index contributed by atoms with van der Waals surface area (Å²) in [7, 11) is 0. The van der Waals surface area contributed by atoms with Crippen molar-refractivity contribution >= 4 is 18.3 Å². The fourth-order valence-corrected chi connectivity index (χ4v) is 3.01. The summed E-state index contributed by atoms with van der Waals surface area (Å²) >= 11 is 0. The predicted molar refractivity (Wildman–Crippen MR) is 109 cm³/mol. The minimum absolute atomic E-state index is 0. The minimum Gasteiger partial charge on any atom is -0.489 e. The highest BCUT2D eigenvalue weighted by molar-refractivity contribution is 5.95. The van der Waals surface area contributed by atoms with Gasteiger partial charge in [-0.2, -0.15) is 5.10 Å². The van der Waals surface area contributed by atoms with E-state index in [0.717, 1.165) is 25.2 Å². The Bertz CT molecular complexity index is 733. The topological polar surface area (TPSA) is 68.2 Å². The number of halogens is 1. The van der Waals surface area contributed by atoms with Gasteiger partial charge in [0.05, 0.1) is 18.5 Å². The van der Waals surface area contributed by atoms with Gasteiger partial charge in [-0.1, -0.05) is 39.0 Å². The fourth-order valence-electron chi connectivity index (χ4n) is 3.01. The van der Waals surface area contributed by atoms with Crippen molar-refractivity contribution in [2.75, 3.05) is 19.7 Å². The lowest BCUT2D eigenvalue weighted by atomic mass is 9.95. The lowest BCUT2D eigenvalue weighted by Crippen LogP contribution is -2.50. The third-order valence-electron chi connectivity index (χ3n) is 4.63. The number of nitrogens with one attached hydrogen (secondary N) is 2. The quantitative estimate of drug-likeness (QED) is 0.792. The van der Waals surface area contributed by atoms with E-state index in [9.17, 15) is 4.79 Å². The SMILES string of the molecule is CC(C)COc1cn(-c2ccccc2)nc1C(=O)NC1CNCCC1C.Cl. The maximum absolute atomic E-state index is 12.9. The van der Waals surface area contributed by atoms with Gasteiger partial charge in [-0.05, 0) is 36.9 Å². The van der Waals surface area contributed by atoms with Gasteiger partial charge in [0.15, 0.2) is 11.4 Å². The van der Waals surface area contributed by atoms with Crippen LogP contribution in [0.1, 0.15) is 37.7 Å². The van der Waals surface area contributed by atoms with Gasteiger partial charge in [-0.15, -0.1) is 12.4 Å². The van der Waals surface area contributed by atoms with Crippen molar-refractivity contribution < 1.29 is 9.53 Å². The molecule has 3 rings (SSSR count). The molecule has 2 heterocycles. The van der Waals surface area contributed by atoms with E-state index in [2.05, 4.69) is 36.5 Å². The van der Waals surface area contributed by atoms with Gasteiger partial charge in [-0.3, -0.25) is 4.79 Å². The number of carbonyl (C=O) groups excluding carboxylic acids is 1. The Morgan fingerprint density at radius 2 is 2.11 bits per heavy atom. The van der Waals surface area contributed by atoms with Gasteiger partial charge < -0.3 is 15.4 Å². The van der Waals surface area contributed by atoms with E-state index < -0.39 is 0 Å². The number of para-hydroxylation sites is 1. The Hall–Kier alpha value is -2.05. The van der Waals surface area contributed by atoms with Crippen LogP contribution in [0.25, 0.3) is 5.69 Å². The van der Waals surface area contributed by atoms with Crippen molar-refractivity contribution in [2.45, 2.75) is 33.2 Å². The van der Waals surface area contributed by atoms with E-state index in [1.54, 1.807) is 10.9 Å². The van der Waals surface area contributed by atoms with Crippen molar-refractivity contribution in [1.29, 1.82) is 0 Å². The number of hydrogen-bond acceptors (Lipinski definition) is 4. The molecule has 2 unspecified atom stereocenters. The normalized spacial score (nSPS) is 19.4. The summed E-state index contributed by atoms with van der Waals surface area (Å²) in [6, 6.07) is 9.86. The van der Waals surface area contributed by atoms with Gasteiger partial charge >= 0.3 is 0 Å².